The third-order valence-electron chi connectivity index (χ3n) is 3.03. The normalized spacial score (nSPS) is 11.3. The summed E-state index contributed by atoms with van der Waals surface area (Å²) in [7, 11) is -4.19. The molecule has 0 fully saturated rings. The lowest BCUT2D eigenvalue weighted by Crippen LogP contribution is -2.06. The van der Waals surface area contributed by atoms with Crippen molar-refractivity contribution in [3.05, 3.63) is 65.2 Å². The van der Waals surface area contributed by atoms with E-state index in [4.69, 9.17) is 4.55 Å². The minimum atomic E-state index is -4.19. The molecule has 2 aromatic carbocycles. The first-order chi connectivity index (χ1) is 9.38. The molecule has 0 aromatic heterocycles. The molecule has 2 rings (SSSR count). The van der Waals surface area contributed by atoms with Crippen molar-refractivity contribution in [1.82, 2.24) is 0 Å². The lowest BCUT2D eigenvalue weighted by Gasteiger charge is -2.05. The Morgan fingerprint density at radius 2 is 1.65 bits per heavy atom. The number of hydrogen-bond donors (Lipinski definition) is 1. The molecule has 104 valence electrons. The number of aryl methyl sites for hydroxylation is 1. The van der Waals surface area contributed by atoms with Crippen LogP contribution in [0.15, 0.2) is 53.4 Å². The van der Waals surface area contributed by atoms with Crippen molar-refractivity contribution < 1.29 is 17.8 Å². The summed E-state index contributed by atoms with van der Waals surface area (Å²) in [6, 6.07) is 12.9. The number of Topliss-reactive ketones (excluding diaryl/α,β-unsaturated/α-hetero) is 1. The van der Waals surface area contributed by atoms with Gasteiger partial charge in [0.25, 0.3) is 10.1 Å². The highest BCUT2D eigenvalue weighted by atomic mass is 32.2. The van der Waals surface area contributed by atoms with Gasteiger partial charge in [0, 0.05) is 12.0 Å². The second-order valence-electron chi connectivity index (χ2n) is 4.53. The van der Waals surface area contributed by atoms with Gasteiger partial charge in [-0.1, -0.05) is 36.4 Å². The van der Waals surface area contributed by atoms with Crippen LogP contribution in [-0.2, 0) is 16.5 Å². The minimum absolute atomic E-state index is 0.0253. The molecule has 0 aliphatic heterocycles. The Bertz CT molecular complexity index is 731. The maximum Gasteiger partial charge on any atom is 0.294 e. The summed E-state index contributed by atoms with van der Waals surface area (Å²) in [6.07, 6.45) is 0.191. The number of ketones is 1. The molecule has 0 unspecified atom stereocenters. The largest absolute Gasteiger partial charge is 0.294 e. The van der Waals surface area contributed by atoms with E-state index in [1.165, 1.54) is 24.3 Å². The second kappa shape index (κ2) is 5.56. The van der Waals surface area contributed by atoms with Crippen LogP contribution in [0, 0.1) is 6.92 Å². The molecule has 5 heteroatoms. The van der Waals surface area contributed by atoms with Crippen molar-refractivity contribution >= 4 is 15.9 Å². The van der Waals surface area contributed by atoms with E-state index in [2.05, 4.69) is 0 Å². The molecule has 1 N–H and O–H groups in total. The molecule has 0 saturated carbocycles. The molecule has 0 amide bonds. The smallest absolute Gasteiger partial charge is 0.294 e. The Kier molecular flexibility index (Phi) is 4.01. The van der Waals surface area contributed by atoms with Gasteiger partial charge in [-0.3, -0.25) is 9.35 Å². The highest BCUT2D eigenvalue weighted by Crippen LogP contribution is 2.14. The molecular weight excluding hydrogens is 276 g/mol. The number of carbonyl (C=O) groups is 1. The van der Waals surface area contributed by atoms with E-state index in [1.54, 1.807) is 6.07 Å². The van der Waals surface area contributed by atoms with Crippen molar-refractivity contribution in [3.8, 4) is 0 Å². The molecule has 2 aromatic rings. The maximum absolute atomic E-state index is 12.1. The Hall–Kier alpha value is -1.98. The van der Waals surface area contributed by atoms with E-state index < -0.39 is 10.1 Å². The lowest BCUT2D eigenvalue weighted by atomic mass is 9.99. The van der Waals surface area contributed by atoms with Crippen molar-refractivity contribution in [2.24, 2.45) is 0 Å². The van der Waals surface area contributed by atoms with Crippen LogP contribution in [0.1, 0.15) is 21.5 Å². The molecule has 0 aliphatic rings. The summed E-state index contributed by atoms with van der Waals surface area (Å²) in [4.78, 5) is 12.0. The summed E-state index contributed by atoms with van der Waals surface area (Å²) >= 11 is 0. The Balaban J connectivity index is 2.19. The van der Waals surface area contributed by atoms with Gasteiger partial charge < -0.3 is 0 Å². The van der Waals surface area contributed by atoms with Crippen molar-refractivity contribution in [2.45, 2.75) is 18.2 Å². The molecule has 0 bridgehead atoms. The first kappa shape index (κ1) is 14.4. The van der Waals surface area contributed by atoms with Gasteiger partial charge in [0.2, 0.25) is 0 Å². The van der Waals surface area contributed by atoms with Crippen LogP contribution in [0.25, 0.3) is 0 Å². The van der Waals surface area contributed by atoms with Gasteiger partial charge in [0.05, 0.1) is 4.90 Å². The average Bonchev–Trinajstić information content (AvgIpc) is 2.38. The van der Waals surface area contributed by atoms with E-state index in [-0.39, 0.29) is 17.1 Å². The number of rotatable bonds is 4. The van der Waals surface area contributed by atoms with Gasteiger partial charge in [-0.05, 0) is 30.2 Å². The molecule has 0 radical (unpaired) electrons. The molecule has 0 spiro atoms. The number of hydrogen-bond acceptors (Lipinski definition) is 3. The van der Waals surface area contributed by atoms with Crippen LogP contribution in [0.5, 0.6) is 0 Å². The SMILES string of the molecule is Cc1ccccc1C(=O)Cc1ccc(S(=O)(=O)O)cc1. The molecule has 0 saturated heterocycles. The molecule has 20 heavy (non-hydrogen) atoms. The third-order valence-corrected chi connectivity index (χ3v) is 3.90. The zero-order chi connectivity index (χ0) is 14.8. The van der Waals surface area contributed by atoms with Crippen molar-refractivity contribution in [1.29, 1.82) is 0 Å². The van der Waals surface area contributed by atoms with E-state index in [1.807, 2.05) is 25.1 Å². The van der Waals surface area contributed by atoms with Gasteiger partial charge in [-0.15, -0.1) is 0 Å². The third kappa shape index (κ3) is 3.31. The zero-order valence-electron chi connectivity index (χ0n) is 10.9. The quantitative estimate of drug-likeness (QED) is 0.694. The predicted molar refractivity (Wildman–Crippen MR) is 75.5 cm³/mol. The van der Waals surface area contributed by atoms with Gasteiger partial charge in [-0.2, -0.15) is 8.42 Å². The minimum Gasteiger partial charge on any atom is -0.294 e. The van der Waals surface area contributed by atoms with Crippen LogP contribution < -0.4 is 0 Å². The molecule has 0 atom stereocenters. The average molecular weight is 290 g/mol. The fourth-order valence-electron chi connectivity index (χ4n) is 1.95. The topological polar surface area (TPSA) is 71.4 Å². The van der Waals surface area contributed by atoms with Gasteiger partial charge in [-0.25, -0.2) is 0 Å². The number of carbonyl (C=O) groups excluding carboxylic acids is 1. The second-order valence-corrected chi connectivity index (χ2v) is 5.96. The van der Waals surface area contributed by atoms with Crippen LogP contribution in [0.4, 0.5) is 0 Å². The predicted octanol–water partition coefficient (Wildman–Crippen LogP) is 2.67. The first-order valence-electron chi connectivity index (χ1n) is 6.03. The highest BCUT2D eigenvalue weighted by Gasteiger charge is 2.12. The summed E-state index contributed by atoms with van der Waals surface area (Å²) in [6.45, 7) is 1.87. The summed E-state index contributed by atoms with van der Waals surface area (Å²) in [5, 5.41) is 0. The summed E-state index contributed by atoms with van der Waals surface area (Å²) < 4.78 is 30.7. The van der Waals surface area contributed by atoms with Gasteiger partial charge in [0.1, 0.15) is 0 Å². The Morgan fingerprint density at radius 1 is 1.05 bits per heavy atom. The van der Waals surface area contributed by atoms with Crippen LogP contribution in [0.2, 0.25) is 0 Å². The van der Waals surface area contributed by atoms with E-state index >= 15 is 0 Å². The molecular formula is C15H14O4S. The molecule has 0 aliphatic carbocycles. The summed E-state index contributed by atoms with van der Waals surface area (Å²) in [5.74, 6) is -0.0253. The first-order valence-corrected chi connectivity index (χ1v) is 7.47. The number of benzene rings is 2. The van der Waals surface area contributed by atoms with E-state index in [0.717, 1.165) is 5.56 Å². The Labute approximate surface area is 117 Å². The fraction of sp³-hybridized carbons (Fsp3) is 0.133. The van der Waals surface area contributed by atoms with Crippen molar-refractivity contribution in [2.75, 3.05) is 0 Å². The fourth-order valence-corrected chi connectivity index (χ4v) is 2.43. The zero-order valence-corrected chi connectivity index (χ0v) is 11.7. The highest BCUT2D eigenvalue weighted by molar-refractivity contribution is 7.85. The summed E-state index contributed by atoms with van der Waals surface area (Å²) in [5.41, 5.74) is 2.27. The van der Waals surface area contributed by atoms with Crippen molar-refractivity contribution in [3.63, 3.8) is 0 Å². The Morgan fingerprint density at radius 3 is 2.20 bits per heavy atom. The molecule has 4 nitrogen and oxygen atoms in total. The lowest BCUT2D eigenvalue weighted by molar-refractivity contribution is 0.0992. The van der Waals surface area contributed by atoms with Gasteiger partial charge >= 0.3 is 0 Å². The van der Waals surface area contributed by atoms with Crippen LogP contribution in [0.3, 0.4) is 0 Å². The standard InChI is InChI=1S/C15H14O4S/c1-11-4-2-3-5-14(11)15(16)10-12-6-8-13(9-7-12)20(17,18)19/h2-9H,10H2,1H3,(H,17,18,19). The molecule has 0 heterocycles. The van der Waals surface area contributed by atoms with Crippen LogP contribution in [-0.4, -0.2) is 18.8 Å². The van der Waals surface area contributed by atoms with E-state index in [0.29, 0.717) is 11.1 Å². The van der Waals surface area contributed by atoms with Gasteiger partial charge in [0.15, 0.2) is 5.78 Å². The van der Waals surface area contributed by atoms with E-state index in [9.17, 15) is 13.2 Å². The maximum atomic E-state index is 12.1. The van der Waals surface area contributed by atoms with Crippen LogP contribution >= 0.6 is 0 Å². The monoisotopic (exact) mass is 290 g/mol.